The molecule has 0 radical (unpaired) electrons. The van der Waals surface area contributed by atoms with Crippen molar-refractivity contribution >= 4 is 35.0 Å². The van der Waals surface area contributed by atoms with Crippen molar-refractivity contribution in [1.29, 1.82) is 0 Å². The first-order chi connectivity index (χ1) is 8.61. The summed E-state index contributed by atoms with van der Waals surface area (Å²) in [5.74, 6) is -2.26. The van der Waals surface area contributed by atoms with E-state index in [0.29, 0.717) is 0 Å². The fourth-order valence-electron chi connectivity index (χ4n) is 1.15. The second-order valence-corrected chi connectivity index (χ2v) is 3.31. The van der Waals surface area contributed by atoms with Gasteiger partial charge in [0, 0.05) is 0 Å². The number of rotatable bonds is 2. The molecule has 0 unspecified atom stereocenters. The summed E-state index contributed by atoms with van der Waals surface area (Å²) in [6.07, 6.45) is 0. The molecule has 5 nitrogen and oxygen atoms in total. The number of carboxylic acid groups (broad SMARTS) is 2. The predicted octanol–water partition coefficient (Wildman–Crippen LogP) is -1.11. The van der Waals surface area contributed by atoms with Gasteiger partial charge in [-0.25, -0.2) is 0 Å². The third-order valence-electron chi connectivity index (χ3n) is 2.02. The molecule has 0 bridgehead atoms. The van der Waals surface area contributed by atoms with Gasteiger partial charge < -0.3 is 25.3 Å². The number of carboxylic acids is 2. The zero-order chi connectivity index (χ0) is 13.4. The van der Waals surface area contributed by atoms with Crippen molar-refractivity contribution < 1.29 is 25.3 Å². The number of hydrogen-bond acceptors (Lipinski definition) is 4. The van der Waals surface area contributed by atoms with Crippen LogP contribution in [-0.4, -0.2) is 40.5 Å². The van der Waals surface area contributed by atoms with Crippen molar-refractivity contribution in [3.8, 4) is 0 Å². The Morgan fingerprint density at radius 2 is 0.900 bits per heavy atom. The number of carbonyl (C=O) groups excluding carboxylic acids is 2. The van der Waals surface area contributed by atoms with E-state index in [4.69, 9.17) is 0 Å². The molecule has 0 aliphatic carbocycles. The van der Waals surface area contributed by atoms with E-state index < -0.39 is 11.9 Å². The summed E-state index contributed by atoms with van der Waals surface area (Å²) in [7, 11) is 0. The van der Waals surface area contributed by atoms with E-state index in [-0.39, 0.29) is 39.7 Å². The van der Waals surface area contributed by atoms with Gasteiger partial charge >= 0.3 is 23.1 Å². The largest absolute Gasteiger partial charge is 2.00 e. The van der Waals surface area contributed by atoms with Crippen LogP contribution in [0.15, 0.2) is 60.7 Å². The zero-order valence-corrected chi connectivity index (χ0v) is 12.0. The summed E-state index contributed by atoms with van der Waals surface area (Å²) >= 11 is 0. The molecule has 0 saturated carbocycles. The van der Waals surface area contributed by atoms with Crippen LogP contribution < -0.4 is 10.2 Å². The summed E-state index contributed by atoms with van der Waals surface area (Å²) < 4.78 is 0. The Morgan fingerprint density at radius 1 is 0.650 bits per heavy atom. The molecule has 0 fully saturated rings. The molecular weight excluding hydrogens is 272 g/mol. The molecule has 0 aromatic heterocycles. The minimum Gasteiger partial charge on any atom is -0.545 e. The molecule has 0 spiro atoms. The van der Waals surface area contributed by atoms with Gasteiger partial charge in [0.2, 0.25) is 0 Å². The first-order valence-electron chi connectivity index (χ1n) is 5.14. The van der Waals surface area contributed by atoms with Crippen molar-refractivity contribution in [3.05, 3.63) is 71.8 Å². The molecule has 0 atom stereocenters. The molecule has 2 aromatic carbocycles. The summed E-state index contributed by atoms with van der Waals surface area (Å²) in [4.78, 5) is 20.2. The van der Waals surface area contributed by atoms with E-state index in [0.717, 1.165) is 0 Å². The molecule has 0 aliphatic rings. The second kappa shape index (κ2) is 11.0. The Balaban J connectivity index is 0. The molecule has 100 valence electrons. The van der Waals surface area contributed by atoms with E-state index in [2.05, 4.69) is 0 Å². The van der Waals surface area contributed by atoms with Crippen LogP contribution in [0.2, 0.25) is 0 Å². The van der Waals surface area contributed by atoms with Crippen molar-refractivity contribution in [3.63, 3.8) is 0 Å². The fourth-order valence-corrected chi connectivity index (χ4v) is 1.15. The molecule has 0 heterocycles. The standard InChI is InChI=1S/2C7H6O2.Mg.H2O/c2*8-7(9)6-4-2-1-3-5-6;;/h2*1-5H,(H,8,9);;1H2/q;;+2;/p-2. The Hall–Kier alpha value is -1.89. The normalized spacial score (nSPS) is 8.00. The van der Waals surface area contributed by atoms with Crippen LogP contribution in [0.25, 0.3) is 0 Å². The topological polar surface area (TPSA) is 112 Å². The van der Waals surface area contributed by atoms with Crippen LogP contribution in [0, 0.1) is 0 Å². The molecule has 0 amide bonds. The average Bonchev–Trinajstić information content (AvgIpc) is 2.41. The minimum atomic E-state index is -1.13. The van der Waals surface area contributed by atoms with Crippen molar-refractivity contribution in [2.75, 3.05) is 0 Å². The maximum absolute atomic E-state index is 10.1. The maximum atomic E-state index is 10.1. The second-order valence-electron chi connectivity index (χ2n) is 3.31. The predicted molar refractivity (Wildman–Crippen MR) is 70.9 cm³/mol. The van der Waals surface area contributed by atoms with Crippen LogP contribution in [0.4, 0.5) is 0 Å². The van der Waals surface area contributed by atoms with E-state index in [1.807, 2.05) is 0 Å². The van der Waals surface area contributed by atoms with E-state index in [1.165, 1.54) is 24.3 Å². The van der Waals surface area contributed by atoms with Gasteiger partial charge in [0.1, 0.15) is 0 Å². The molecule has 0 aliphatic heterocycles. The van der Waals surface area contributed by atoms with E-state index in [1.54, 1.807) is 36.4 Å². The van der Waals surface area contributed by atoms with Gasteiger partial charge in [-0.05, 0) is 11.1 Å². The fraction of sp³-hybridized carbons (Fsp3) is 0. The Bertz CT molecular complexity index is 464. The van der Waals surface area contributed by atoms with Crippen LogP contribution in [-0.2, 0) is 0 Å². The number of benzene rings is 2. The number of aromatic carboxylic acids is 2. The van der Waals surface area contributed by atoms with E-state index >= 15 is 0 Å². The van der Waals surface area contributed by atoms with Gasteiger partial charge in [-0.1, -0.05) is 60.7 Å². The van der Waals surface area contributed by atoms with Crippen LogP contribution in [0.5, 0.6) is 0 Å². The van der Waals surface area contributed by atoms with Crippen molar-refractivity contribution in [2.24, 2.45) is 0 Å². The van der Waals surface area contributed by atoms with Gasteiger partial charge in [-0.3, -0.25) is 0 Å². The smallest absolute Gasteiger partial charge is 0.545 e. The Labute approximate surface area is 132 Å². The molecule has 2 N–H and O–H groups in total. The molecule has 0 saturated heterocycles. The summed E-state index contributed by atoms with van der Waals surface area (Å²) in [5.41, 5.74) is 0.440. The first-order valence-corrected chi connectivity index (χ1v) is 5.14. The molecule has 2 rings (SSSR count). The SMILES string of the molecule is O.O=C([O-])c1ccccc1.O=C([O-])c1ccccc1.[Mg+2]. The average molecular weight is 285 g/mol. The van der Waals surface area contributed by atoms with Gasteiger partial charge in [0.05, 0.1) is 11.9 Å². The Morgan fingerprint density at radius 3 is 1.05 bits per heavy atom. The zero-order valence-electron chi connectivity index (χ0n) is 10.6. The number of carbonyl (C=O) groups is 2. The summed E-state index contributed by atoms with van der Waals surface area (Å²) in [5, 5.41) is 20.2. The maximum Gasteiger partial charge on any atom is 2.00 e. The third kappa shape index (κ3) is 7.52. The van der Waals surface area contributed by atoms with Gasteiger partial charge in [0.25, 0.3) is 0 Å². The van der Waals surface area contributed by atoms with Crippen LogP contribution in [0.3, 0.4) is 0 Å². The Kier molecular flexibility index (Phi) is 11.2. The summed E-state index contributed by atoms with van der Waals surface area (Å²) in [6, 6.07) is 16.1. The molecule has 6 heteroatoms. The number of hydrogen-bond donors (Lipinski definition) is 0. The van der Waals surface area contributed by atoms with Gasteiger partial charge in [0.15, 0.2) is 0 Å². The monoisotopic (exact) mass is 284 g/mol. The van der Waals surface area contributed by atoms with Gasteiger partial charge in [-0.2, -0.15) is 0 Å². The summed E-state index contributed by atoms with van der Waals surface area (Å²) in [6.45, 7) is 0. The molecular formula is C14H12MgO5. The van der Waals surface area contributed by atoms with Gasteiger partial charge in [-0.15, -0.1) is 0 Å². The van der Waals surface area contributed by atoms with E-state index in [9.17, 15) is 19.8 Å². The van der Waals surface area contributed by atoms with Crippen molar-refractivity contribution in [1.82, 2.24) is 0 Å². The van der Waals surface area contributed by atoms with Crippen LogP contribution >= 0.6 is 0 Å². The first kappa shape index (κ1) is 20.4. The van der Waals surface area contributed by atoms with Crippen molar-refractivity contribution in [2.45, 2.75) is 0 Å². The quantitative estimate of drug-likeness (QED) is 0.651. The molecule has 2 aromatic rings. The van der Waals surface area contributed by atoms with Crippen LogP contribution in [0.1, 0.15) is 20.7 Å². The third-order valence-corrected chi connectivity index (χ3v) is 2.02. The molecule has 20 heavy (non-hydrogen) atoms. The minimum absolute atomic E-state index is 0.